The highest BCUT2D eigenvalue weighted by Gasteiger charge is 2.59. The molecule has 0 aliphatic heterocycles. The van der Waals surface area contributed by atoms with Crippen LogP contribution in [0, 0.1) is 0 Å². The quantitative estimate of drug-likeness (QED) is 0.145. The monoisotopic (exact) mass is 641 g/mol. The number of thiazole rings is 2. The maximum Gasteiger partial charge on any atom is 0.408 e. The normalized spacial score (nSPS) is 19.7. The lowest BCUT2D eigenvalue weighted by atomic mass is 9.60. The Morgan fingerprint density at radius 2 is 1.64 bits per heavy atom. The minimum Gasteiger partial charge on any atom is -0.465 e. The number of benzene rings is 2. The molecule has 3 aromatic heterocycles. The van der Waals surface area contributed by atoms with Crippen molar-refractivity contribution in [2.75, 3.05) is 5.73 Å². The highest BCUT2D eigenvalue weighted by molar-refractivity contribution is 7.25. The highest BCUT2D eigenvalue weighted by Crippen LogP contribution is 2.55. The number of aliphatic hydroxyl groups is 2. The number of carboxylic acid groups (broad SMARTS) is 1. The van der Waals surface area contributed by atoms with Crippen LogP contribution in [0.4, 0.5) is 10.6 Å². The summed E-state index contributed by atoms with van der Waals surface area (Å²) >= 11 is 3.07. The van der Waals surface area contributed by atoms with Crippen molar-refractivity contribution >= 4 is 34.6 Å². The molecule has 6 rings (SSSR count). The van der Waals surface area contributed by atoms with Crippen molar-refractivity contribution in [1.29, 1.82) is 0 Å². The lowest BCUT2D eigenvalue weighted by Gasteiger charge is -2.60. The lowest BCUT2D eigenvalue weighted by Crippen LogP contribution is -2.67. The molecule has 0 radical (unpaired) electrons. The molecule has 5 aromatic rings. The molecule has 0 bridgehead atoms. The summed E-state index contributed by atoms with van der Waals surface area (Å²) in [4.78, 5) is 29.9. The van der Waals surface area contributed by atoms with Crippen LogP contribution in [0.2, 0.25) is 0 Å². The third-order valence-electron chi connectivity index (χ3n) is 8.13. The number of aliphatic hydroxyl groups excluding tert-OH is 1. The summed E-state index contributed by atoms with van der Waals surface area (Å²) in [6.45, 7) is 7.20. The van der Waals surface area contributed by atoms with Crippen molar-refractivity contribution in [3.63, 3.8) is 0 Å². The number of amides is 1. The first-order valence-electron chi connectivity index (χ1n) is 14.6. The van der Waals surface area contributed by atoms with E-state index in [1.807, 2.05) is 63.2 Å². The second kappa shape index (κ2) is 11.3. The first kappa shape index (κ1) is 30.8. The SMILES string of the molecule is CC(C)(C)N(C(=O)O)[C@]1(c2ccc(-c3nc(-c4cnc(-c5cnc(N)c(CO)c5)s4)sc3-c3ccccc3)cc2)C[C@](C)(O)C1. The van der Waals surface area contributed by atoms with E-state index in [2.05, 4.69) is 22.1 Å². The first-order valence-corrected chi connectivity index (χ1v) is 16.2. The van der Waals surface area contributed by atoms with E-state index in [1.54, 1.807) is 36.7 Å². The summed E-state index contributed by atoms with van der Waals surface area (Å²) in [6.07, 6.45) is 3.07. The topological polar surface area (TPSA) is 146 Å². The summed E-state index contributed by atoms with van der Waals surface area (Å²) < 4.78 is 0. The molecule has 5 N–H and O–H groups in total. The van der Waals surface area contributed by atoms with E-state index in [4.69, 9.17) is 10.7 Å². The molecule has 1 aliphatic carbocycles. The van der Waals surface area contributed by atoms with Crippen LogP contribution in [-0.2, 0) is 12.1 Å². The van der Waals surface area contributed by atoms with Gasteiger partial charge in [0.1, 0.15) is 15.8 Å². The Hall–Kier alpha value is -4.16. The number of anilines is 1. The Balaban J connectivity index is 1.40. The molecule has 45 heavy (non-hydrogen) atoms. The summed E-state index contributed by atoms with van der Waals surface area (Å²) in [5.74, 6) is 0.295. The molecule has 1 fully saturated rings. The largest absolute Gasteiger partial charge is 0.465 e. The van der Waals surface area contributed by atoms with E-state index in [0.717, 1.165) is 47.7 Å². The molecule has 232 valence electrons. The zero-order valence-corrected chi connectivity index (χ0v) is 27.1. The van der Waals surface area contributed by atoms with Crippen LogP contribution in [0.3, 0.4) is 0 Å². The van der Waals surface area contributed by atoms with Gasteiger partial charge in [-0.1, -0.05) is 54.6 Å². The molecule has 0 atom stereocenters. The van der Waals surface area contributed by atoms with Crippen LogP contribution in [0.5, 0.6) is 0 Å². The molecule has 1 aliphatic rings. The van der Waals surface area contributed by atoms with Gasteiger partial charge >= 0.3 is 6.09 Å². The van der Waals surface area contributed by atoms with E-state index >= 15 is 0 Å². The third-order valence-corrected chi connectivity index (χ3v) is 10.5. The fourth-order valence-corrected chi connectivity index (χ4v) is 8.46. The van der Waals surface area contributed by atoms with Gasteiger partial charge in [-0.05, 0) is 44.9 Å². The van der Waals surface area contributed by atoms with Crippen molar-refractivity contribution < 1.29 is 20.1 Å². The molecule has 1 saturated carbocycles. The van der Waals surface area contributed by atoms with Crippen molar-refractivity contribution in [3.8, 4) is 42.2 Å². The third kappa shape index (κ3) is 5.72. The van der Waals surface area contributed by atoms with Gasteiger partial charge in [-0.25, -0.2) is 19.7 Å². The average molecular weight is 642 g/mol. The Labute approximate surface area is 269 Å². The van der Waals surface area contributed by atoms with E-state index in [0.29, 0.717) is 24.2 Å². The van der Waals surface area contributed by atoms with Crippen molar-refractivity contribution in [3.05, 3.63) is 84.2 Å². The van der Waals surface area contributed by atoms with Crippen molar-refractivity contribution in [1.82, 2.24) is 19.9 Å². The Morgan fingerprint density at radius 3 is 2.24 bits per heavy atom. The lowest BCUT2D eigenvalue weighted by molar-refractivity contribution is -0.152. The van der Waals surface area contributed by atoms with Crippen LogP contribution in [0.1, 0.15) is 51.7 Å². The molecule has 9 nitrogen and oxygen atoms in total. The molecular formula is C34H35N5O4S2. The molecule has 0 unspecified atom stereocenters. The fourth-order valence-electron chi connectivity index (χ4n) is 6.43. The van der Waals surface area contributed by atoms with E-state index < -0.39 is 22.8 Å². The number of carbonyl (C=O) groups is 1. The maximum atomic E-state index is 12.5. The number of pyridine rings is 1. The predicted octanol–water partition coefficient (Wildman–Crippen LogP) is 7.26. The van der Waals surface area contributed by atoms with Gasteiger partial charge < -0.3 is 21.1 Å². The van der Waals surface area contributed by atoms with Gasteiger partial charge in [0.2, 0.25) is 0 Å². The Kier molecular flexibility index (Phi) is 7.77. The smallest absolute Gasteiger partial charge is 0.408 e. The number of nitrogen functional groups attached to an aromatic ring is 1. The molecule has 2 aromatic carbocycles. The molecule has 0 saturated heterocycles. The predicted molar refractivity (Wildman–Crippen MR) is 179 cm³/mol. The molecule has 11 heteroatoms. The van der Waals surface area contributed by atoms with Gasteiger partial charge in [0.15, 0.2) is 0 Å². The molecule has 1 amide bonds. The van der Waals surface area contributed by atoms with Crippen molar-refractivity contribution in [2.24, 2.45) is 0 Å². The van der Waals surface area contributed by atoms with Gasteiger partial charge in [0.05, 0.1) is 33.2 Å². The number of rotatable bonds is 7. The molecular weight excluding hydrogens is 607 g/mol. The number of hydrogen-bond donors (Lipinski definition) is 4. The van der Waals surface area contributed by atoms with Crippen LogP contribution in [0.25, 0.3) is 42.2 Å². The minimum absolute atomic E-state index is 0.203. The standard InChI is InChI=1S/C34H35N5O4S2/c1-32(2,3)39(31(41)42)34(18-33(4,43)19-34)24-12-10-20(11-13-24)26-27(21-8-6-5-7-9-21)45-30(38-26)25-16-37-29(44-25)22-14-23(17-40)28(35)36-15-22/h5-16,40,43H,17-19H2,1-4H3,(H2,35,36)(H,41,42)/t33-,34+. The number of nitrogens with two attached hydrogens (primary N) is 1. The number of aromatic nitrogens is 3. The molecule has 0 spiro atoms. The van der Waals surface area contributed by atoms with Gasteiger partial charge in [-0.15, -0.1) is 22.7 Å². The van der Waals surface area contributed by atoms with E-state index in [1.165, 1.54) is 16.2 Å². The second-order valence-electron chi connectivity index (χ2n) is 12.8. The van der Waals surface area contributed by atoms with Crippen LogP contribution in [0.15, 0.2) is 73.1 Å². The summed E-state index contributed by atoms with van der Waals surface area (Å²) in [7, 11) is 0. The van der Waals surface area contributed by atoms with Crippen LogP contribution >= 0.6 is 22.7 Å². The van der Waals surface area contributed by atoms with Crippen LogP contribution < -0.4 is 5.73 Å². The summed E-state index contributed by atoms with van der Waals surface area (Å²) in [5.41, 5.74) is 8.35. The fraction of sp³-hybridized carbons (Fsp3) is 0.294. The Morgan fingerprint density at radius 1 is 0.956 bits per heavy atom. The zero-order chi connectivity index (χ0) is 32.1. The van der Waals surface area contributed by atoms with Gasteiger partial charge in [0.25, 0.3) is 0 Å². The second-order valence-corrected chi connectivity index (χ2v) is 14.8. The van der Waals surface area contributed by atoms with Crippen LogP contribution in [-0.4, -0.2) is 52.4 Å². The summed E-state index contributed by atoms with van der Waals surface area (Å²) in [5, 5.41) is 32.2. The number of nitrogens with zero attached hydrogens (tertiary/aromatic N) is 4. The maximum absolute atomic E-state index is 12.5. The first-order chi connectivity index (χ1) is 21.3. The number of hydrogen-bond acceptors (Lipinski definition) is 9. The van der Waals surface area contributed by atoms with E-state index in [9.17, 15) is 20.1 Å². The summed E-state index contributed by atoms with van der Waals surface area (Å²) in [6, 6.07) is 19.8. The van der Waals surface area contributed by atoms with E-state index in [-0.39, 0.29) is 6.61 Å². The molecule has 3 heterocycles. The van der Waals surface area contributed by atoms with Gasteiger partial charge in [-0.2, -0.15) is 0 Å². The minimum atomic E-state index is -1.01. The average Bonchev–Trinajstić information content (AvgIpc) is 3.64. The Bertz CT molecular complexity index is 1850. The van der Waals surface area contributed by atoms with Gasteiger partial charge in [-0.3, -0.25) is 4.90 Å². The zero-order valence-electron chi connectivity index (χ0n) is 25.5. The highest BCUT2D eigenvalue weighted by atomic mass is 32.1. The van der Waals surface area contributed by atoms with Gasteiger partial charge in [0, 0.05) is 47.5 Å². The van der Waals surface area contributed by atoms with Crippen molar-refractivity contribution in [2.45, 2.75) is 63.8 Å².